The van der Waals surface area contributed by atoms with Gasteiger partial charge in [0.05, 0.1) is 24.4 Å². The second kappa shape index (κ2) is 15.7. The number of rotatable bonds is 13. The molecular formula is C32H49NO11. The van der Waals surface area contributed by atoms with Crippen LogP contribution < -0.4 is 5.32 Å². The molecule has 44 heavy (non-hydrogen) atoms. The number of methoxy groups -OCH3 is 3. The number of aliphatic hydroxyl groups excluding tert-OH is 1. The molecule has 0 spiro atoms. The second-order valence-electron chi connectivity index (χ2n) is 12.1. The number of aliphatic carboxylic acids is 1. The summed E-state index contributed by atoms with van der Waals surface area (Å²) in [6, 6.07) is 0. The molecule has 1 unspecified atom stereocenters. The van der Waals surface area contributed by atoms with Gasteiger partial charge in [-0.2, -0.15) is 0 Å². The molecule has 12 heteroatoms. The Labute approximate surface area is 260 Å². The molecule has 3 heterocycles. The fourth-order valence-electron chi connectivity index (χ4n) is 6.00. The molecule has 0 saturated carbocycles. The van der Waals surface area contributed by atoms with E-state index in [0.717, 1.165) is 11.6 Å². The van der Waals surface area contributed by atoms with Crippen LogP contribution in [-0.4, -0.2) is 105 Å². The summed E-state index contributed by atoms with van der Waals surface area (Å²) in [6.45, 7) is 11.9. The lowest BCUT2D eigenvalue weighted by Gasteiger charge is -2.54. The summed E-state index contributed by atoms with van der Waals surface area (Å²) in [5, 5.41) is 22.6. The highest BCUT2D eigenvalue weighted by Crippen LogP contribution is 2.44. The number of carbonyl (C=O) groups excluding carboxylic acids is 1. The van der Waals surface area contributed by atoms with Gasteiger partial charge in [-0.25, -0.2) is 4.79 Å². The summed E-state index contributed by atoms with van der Waals surface area (Å²) in [6.07, 6.45) is 5.69. The van der Waals surface area contributed by atoms with E-state index in [1.54, 1.807) is 20.3 Å². The number of nitrogens with one attached hydrogen (secondary N) is 1. The Kier molecular flexibility index (Phi) is 12.9. The largest absolute Gasteiger partial charge is 0.478 e. The summed E-state index contributed by atoms with van der Waals surface area (Å²) in [5.74, 6) is -3.30. The molecule has 1 amide bonds. The van der Waals surface area contributed by atoms with Crippen molar-refractivity contribution >= 4 is 11.9 Å². The van der Waals surface area contributed by atoms with Crippen molar-refractivity contribution in [1.82, 2.24) is 5.32 Å². The van der Waals surface area contributed by atoms with Crippen LogP contribution in [-0.2, 0) is 42.7 Å². The third-order valence-electron chi connectivity index (χ3n) is 8.93. The molecule has 3 rings (SSSR count). The van der Waals surface area contributed by atoms with E-state index in [2.05, 4.69) is 11.9 Å². The maximum atomic E-state index is 13.4. The van der Waals surface area contributed by atoms with Gasteiger partial charge in [-0.15, -0.1) is 0 Å². The molecule has 3 saturated heterocycles. The van der Waals surface area contributed by atoms with Crippen LogP contribution in [0.1, 0.15) is 47.0 Å². The minimum absolute atomic E-state index is 0.0400. The maximum absolute atomic E-state index is 13.4. The molecule has 0 aromatic rings. The Hall–Kier alpha value is -2.42. The first-order chi connectivity index (χ1) is 20.8. The Balaban J connectivity index is 1.74. The Bertz CT molecular complexity index is 1090. The zero-order valence-electron chi connectivity index (χ0n) is 26.8. The molecule has 3 aliphatic heterocycles. The molecule has 3 N–H and O–H groups in total. The minimum Gasteiger partial charge on any atom is -0.478 e. The van der Waals surface area contributed by atoms with Crippen LogP contribution in [0.5, 0.6) is 0 Å². The molecule has 0 aromatic carbocycles. The van der Waals surface area contributed by atoms with Crippen LogP contribution in [0.25, 0.3) is 0 Å². The smallest absolute Gasteiger partial charge is 0.328 e. The fraction of sp³-hybridized carbons (Fsp3) is 0.688. The average Bonchev–Trinajstić information content (AvgIpc) is 2.98. The second-order valence-corrected chi connectivity index (χ2v) is 12.1. The van der Waals surface area contributed by atoms with Crippen LogP contribution in [0.2, 0.25) is 0 Å². The van der Waals surface area contributed by atoms with E-state index in [1.807, 2.05) is 45.9 Å². The number of hydrogen-bond acceptors (Lipinski definition) is 10. The van der Waals surface area contributed by atoms with Crippen LogP contribution in [0.4, 0.5) is 0 Å². The van der Waals surface area contributed by atoms with Gasteiger partial charge in [-0.05, 0) is 13.3 Å². The summed E-state index contributed by atoms with van der Waals surface area (Å²) in [4.78, 5) is 24.0. The molecule has 0 aromatic heterocycles. The van der Waals surface area contributed by atoms with Gasteiger partial charge in [0.15, 0.2) is 12.3 Å². The first-order valence-electron chi connectivity index (χ1n) is 14.9. The molecule has 10 atom stereocenters. The third kappa shape index (κ3) is 8.24. The van der Waals surface area contributed by atoms with Gasteiger partial charge < -0.3 is 48.7 Å². The molecule has 0 bridgehead atoms. The summed E-state index contributed by atoms with van der Waals surface area (Å²) >= 11 is 0. The Morgan fingerprint density at radius 2 is 1.86 bits per heavy atom. The van der Waals surface area contributed by atoms with Gasteiger partial charge in [0, 0.05) is 51.6 Å². The first-order valence-corrected chi connectivity index (χ1v) is 14.9. The van der Waals surface area contributed by atoms with E-state index in [0.29, 0.717) is 12.8 Å². The van der Waals surface area contributed by atoms with Crippen LogP contribution in [0, 0.1) is 11.3 Å². The first kappa shape index (κ1) is 36.1. The average molecular weight is 624 g/mol. The van der Waals surface area contributed by atoms with Gasteiger partial charge in [-0.3, -0.25) is 4.79 Å². The van der Waals surface area contributed by atoms with Gasteiger partial charge in [0.1, 0.15) is 19.0 Å². The number of carboxylic acids is 1. The quantitative estimate of drug-likeness (QED) is 0.158. The van der Waals surface area contributed by atoms with E-state index in [-0.39, 0.29) is 31.3 Å². The number of allylic oxidation sites excluding steroid dienone is 4. The van der Waals surface area contributed by atoms with Gasteiger partial charge >= 0.3 is 5.97 Å². The van der Waals surface area contributed by atoms with Crippen molar-refractivity contribution in [2.24, 2.45) is 11.3 Å². The number of aliphatic hydroxyl groups is 1. The van der Waals surface area contributed by atoms with Crippen molar-refractivity contribution in [3.8, 4) is 0 Å². The van der Waals surface area contributed by atoms with Crippen molar-refractivity contribution < 1.29 is 53.0 Å². The highest BCUT2D eigenvalue weighted by atomic mass is 16.7. The molecule has 12 nitrogen and oxygen atoms in total. The van der Waals surface area contributed by atoms with Crippen LogP contribution in [0.15, 0.2) is 48.6 Å². The van der Waals surface area contributed by atoms with Crippen LogP contribution >= 0.6 is 0 Å². The number of hydrogen-bond donors (Lipinski definition) is 3. The lowest BCUT2D eigenvalue weighted by Crippen LogP contribution is -2.69. The number of fused-ring (bicyclic) bond motifs is 1. The maximum Gasteiger partial charge on any atom is 0.328 e. The highest BCUT2D eigenvalue weighted by Gasteiger charge is 2.57. The minimum atomic E-state index is -1.67. The SMILES string of the molecule is C=C1C[C@](OC)([C@H](O)C(=O)N[C@H]2OCO[C@H]3[C@@H]2O[C@H](CC(/C=C/C/C=C/C=C/C(=O)O)OC)C(C)(C)[C@@H]3OC)O[C@H](C)[C@@H]1C. The van der Waals surface area contributed by atoms with Crippen LogP contribution in [0.3, 0.4) is 0 Å². The van der Waals surface area contributed by atoms with Crippen molar-refractivity contribution in [2.45, 2.75) is 102 Å². The predicted octanol–water partition coefficient (Wildman–Crippen LogP) is 2.86. The highest BCUT2D eigenvalue weighted by molar-refractivity contribution is 5.82. The number of ether oxygens (including phenoxy) is 7. The zero-order chi connectivity index (χ0) is 32.7. The Morgan fingerprint density at radius 3 is 2.48 bits per heavy atom. The van der Waals surface area contributed by atoms with E-state index in [4.69, 9.17) is 38.3 Å². The van der Waals surface area contributed by atoms with Crippen molar-refractivity contribution in [2.75, 3.05) is 28.1 Å². The summed E-state index contributed by atoms with van der Waals surface area (Å²) in [5.41, 5.74) is 0.299. The van der Waals surface area contributed by atoms with Crippen molar-refractivity contribution in [3.05, 3.63) is 48.6 Å². The van der Waals surface area contributed by atoms with E-state index in [1.165, 1.54) is 13.2 Å². The summed E-state index contributed by atoms with van der Waals surface area (Å²) in [7, 11) is 4.61. The Morgan fingerprint density at radius 1 is 1.14 bits per heavy atom. The normalized spacial score (nSPS) is 35.5. The zero-order valence-corrected chi connectivity index (χ0v) is 26.8. The molecule has 0 aliphatic carbocycles. The molecular weight excluding hydrogens is 574 g/mol. The number of carboxylic acid groups (broad SMARTS) is 1. The predicted molar refractivity (Wildman–Crippen MR) is 160 cm³/mol. The molecule has 248 valence electrons. The number of carbonyl (C=O) groups is 2. The van der Waals surface area contributed by atoms with E-state index >= 15 is 0 Å². The monoisotopic (exact) mass is 623 g/mol. The summed E-state index contributed by atoms with van der Waals surface area (Å²) < 4.78 is 41.6. The van der Waals surface area contributed by atoms with Crippen molar-refractivity contribution in [1.29, 1.82) is 0 Å². The molecule has 3 fully saturated rings. The molecule has 3 aliphatic rings. The molecule has 0 radical (unpaired) electrons. The topological polar surface area (TPSA) is 151 Å². The van der Waals surface area contributed by atoms with E-state index < -0.39 is 59.8 Å². The fourth-order valence-corrected chi connectivity index (χ4v) is 6.00. The standard InChI is InChI=1S/C32H49NO11/c1-19-17-32(40-8,44-21(3)20(19)2)27(36)29(37)33-30-26-25(41-18-42-30)28(39-7)31(4,5)23(43-26)16-22(38-6)14-12-10-9-11-13-15-24(34)35/h9,11-15,20-23,25-28,30,36H,1,10,16-18H2,2-8H3,(H,33,37)(H,34,35)/b11-9+,14-12+,15-13+/t20-,21-,22?,23-,25+,26+,27-,28-,30+,32-/m1/s1. The van der Waals surface area contributed by atoms with Crippen molar-refractivity contribution in [3.63, 3.8) is 0 Å². The van der Waals surface area contributed by atoms with E-state index in [9.17, 15) is 14.7 Å². The third-order valence-corrected chi connectivity index (χ3v) is 8.93. The lowest BCUT2D eigenvalue weighted by atomic mass is 9.72. The number of amides is 1. The van der Waals surface area contributed by atoms with Gasteiger partial charge in [0.2, 0.25) is 5.79 Å². The van der Waals surface area contributed by atoms with Gasteiger partial charge in [0.25, 0.3) is 5.91 Å². The lowest BCUT2D eigenvalue weighted by molar-refractivity contribution is -0.332. The van der Waals surface area contributed by atoms with Gasteiger partial charge in [-0.1, -0.05) is 63.3 Å².